The number of fused-ring (bicyclic) bond motifs is 1. The van der Waals surface area contributed by atoms with Crippen LogP contribution in [0.5, 0.6) is 5.88 Å². The van der Waals surface area contributed by atoms with Gasteiger partial charge >= 0.3 is 0 Å². The van der Waals surface area contributed by atoms with Crippen molar-refractivity contribution in [2.75, 3.05) is 0 Å². The lowest BCUT2D eigenvalue weighted by atomic mass is 9.53. The average Bonchev–Trinajstić information content (AvgIpc) is 2.86. The zero-order chi connectivity index (χ0) is 17.0. The molecule has 4 fully saturated rings. The second-order valence-electron chi connectivity index (χ2n) is 8.20. The number of hydrogen-bond donors (Lipinski definition) is 3. The lowest BCUT2D eigenvalue weighted by Gasteiger charge is -2.56. The number of aromatic amines is 1. The molecular weight excluding hydrogens is 332 g/mol. The number of aromatic hydroxyl groups is 1. The number of H-pyrrole nitrogens is 1. The molecular formula is C19H22N4OS. The molecule has 4 aliphatic rings. The lowest BCUT2D eigenvalue weighted by Crippen LogP contribution is -2.59. The van der Waals surface area contributed by atoms with E-state index in [1.54, 1.807) is 0 Å². The van der Waals surface area contributed by atoms with Crippen LogP contribution in [-0.4, -0.2) is 20.7 Å². The molecule has 1 aromatic carbocycles. The van der Waals surface area contributed by atoms with Crippen molar-refractivity contribution in [2.24, 2.45) is 28.0 Å². The standard InChI is InChI=1S/C19H22N4OS/c24-17-16(14-3-1-2-4-15(14)20-17)22-23-18(25)21-19-8-11-5-12(9-19)7-13(6-11)10-19/h1-4,11-13,20,24H,5-10H2,(H,21,25). The Morgan fingerprint density at radius 1 is 1.12 bits per heavy atom. The molecule has 1 heterocycles. The van der Waals surface area contributed by atoms with Crippen LogP contribution in [0.2, 0.25) is 0 Å². The number of azo groups is 1. The van der Waals surface area contributed by atoms with Crippen LogP contribution in [0, 0.1) is 17.8 Å². The van der Waals surface area contributed by atoms with Gasteiger partial charge in [0.05, 0.1) is 5.52 Å². The van der Waals surface area contributed by atoms with Crippen molar-refractivity contribution in [3.8, 4) is 5.88 Å². The Kier molecular flexibility index (Phi) is 3.39. The molecule has 0 saturated heterocycles. The zero-order valence-corrected chi connectivity index (χ0v) is 14.9. The summed E-state index contributed by atoms with van der Waals surface area (Å²) in [5, 5.41) is 23.3. The minimum absolute atomic E-state index is 0.0301. The van der Waals surface area contributed by atoms with Crippen LogP contribution in [0.3, 0.4) is 0 Å². The summed E-state index contributed by atoms with van der Waals surface area (Å²) >= 11 is 5.46. The number of rotatable bonds is 2. The molecule has 3 N–H and O–H groups in total. The summed E-state index contributed by atoms with van der Waals surface area (Å²) in [6.45, 7) is 0. The highest BCUT2D eigenvalue weighted by Crippen LogP contribution is 2.55. The van der Waals surface area contributed by atoms with Crippen LogP contribution in [0.15, 0.2) is 34.5 Å². The van der Waals surface area contributed by atoms with Gasteiger partial charge in [-0.15, -0.1) is 10.2 Å². The Bertz CT molecular complexity index is 836. The predicted molar refractivity (Wildman–Crippen MR) is 101 cm³/mol. The molecule has 4 saturated carbocycles. The van der Waals surface area contributed by atoms with Crippen molar-refractivity contribution >= 4 is 33.9 Å². The first-order valence-corrected chi connectivity index (χ1v) is 9.55. The number of nitrogens with one attached hydrogen (secondary N) is 2. The normalized spacial score (nSPS) is 33.4. The number of benzene rings is 1. The molecule has 6 rings (SSSR count). The van der Waals surface area contributed by atoms with Crippen molar-refractivity contribution in [2.45, 2.75) is 44.1 Å². The minimum atomic E-state index is 0.0301. The second-order valence-corrected chi connectivity index (χ2v) is 8.58. The van der Waals surface area contributed by atoms with Crippen LogP contribution in [-0.2, 0) is 0 Å². The Hall–Kier alpha value is -1.95. The topological polar surface area (TPSA) is 72.8 Å². The average molecular weight is 354 g/mol. The molecule has 2 aromatic rings. The van der Waals surface area contributed by atoms with Gasteiger partial charge in [0.2, 0.25) is 11.0 Å². The molecule has 0 spiro atoms. The number of nitrogens with zero attached hydrogens (tertiary/aromatic N) is 2. The quantitative estimate of drug-likeness (QED) is 0.536. The molecule has 4 bridgehead atoms. The number of para-hydroxylation sites is 1. The first-order valence-electron chi connectivity index (χ1n) is 9.14. The third kappa shape index (κ3) is 2.63. The summed E-state index contributed by atoms with van der Waals surface area (Å²) in [5.41, 5.74) is 1.42. The molecule has 0 atom stereocenters. The highest BCUT2D eigenvalue weighted by Gasteiger charge is 2.51. The van der Waals surface area contributed by atoms with E-state index in [0.717, 1.165) is 28.7 Å². The van der Waals surface area contributed by atoms with Gasteiger partial charge in [-0.2, -0.15) is 0 Å². The Morgan fingerprint density at radius 2 is 1.76 bits per heavy atom. The fraction of sp³-hybridized carbons (Fsp3) is 0.526. The third-order valence-electron chi connectivity index (χ3n) is 6.31. The molecule has 0 amide bonds. The summed E-state index contributed by atoms with van der Waals surface area (Å²) in [4.78, 5) is 2.92. The highest BCUT2D eigenvalue weighted by molar-refractivity contribution is 7.80. The first kappa shape index (κ1) is 15.3. The smallest absolute Gasteiger partial charge is 0.218 e. The van der Waals surface area contributed by atoms with Gasteiger partial charge < -0.3 is 15.4 Å². The van der Waals surface area contributed by atoms with Crippen LogP contribution in [0.4, 0.5) is 5.69 Å². The van der Waals surface area contributed by atoms with E-state index in [4.69, 9.17) is 12.2 Å². The van der Waals surface area contributed by atoms with E-state index in [1.165, 1.54) is 38.5 Å². The number of thiocarbonyl (C=S) groups is 1. The van der Waals surface area contributed by atoms with Gasteiger partial charge in [-0.25, -0.2) is 0 Å². The SMILES string of the molecule is Oc1[nH]c2ccccc2c1N=NC(=S)NC12CC3CC(CC(C3)C1)C2. The molecule has 5 nitrogen and oxygen atoms in total. The van der Waals surface area contributed by atoms with Crippen molar-refractivity contribution in [1.82, 2.24) is 10.3 Å². The first-order chi connectivity index (χ1) is 12.1. The maximum Gasteiger partial charge on any atom is 0.218 e. The minimum Gasteiger partial charge on any atom is -0.493 e. The van der Waals surface area contributed by atoms with E-state index in [9.17, 15) is 5.11 Å². The van der Waals surface area contributed by atoms with Crippen LogP contribution < -0.4 is 5.32 Å². The third-order valence-corrected chi connectivity index (χ3v) is 6.49. The van der Waals surface area contributed by atoms with Crippen molar-refractivity contribution in [3.05, 3.63) is 24.3 Å². The second kappa shape index (κ2) is 5.53. The fourth-order valence-electron chi connectivity index (χ4n) is 5.83. The van der Waals surface area contributed by atoms with E-state index in [0.29, 0.717) is 10.8 Å². The Morgan fingerprint density at radius 3 is 2.44 bits per heavy atom. The van der Waals surface area contributed by atoms with Gasteiger partial charge in [-0.1, -0.05) is 18.2 Å². The Labute approximate surface area is 151 Å². The van der Waals surface area contributed by atoms with E-state index >= 15 is 0 Å². The molecule has 0 radical (unpaired) electrons. The zero-order valence-electron chi connectivity index (χ0n) is 14.0. The predicted octanol–water partition coefficient (Wildman–Crippen LogP) is 4.80. The van der Waals surface area contributed by atoms with Crippen LogP contribution in [0.25, 0.3) is 10.9 Å². The molecule has 1 aromatic heterocycles. The maximum atomic E-state index is 10.1. The summed E-state index contributed by atoms with van der Waals surface area (Å²) in [6.07, 6.45) is 7.85. The van der Waals surface area contributed by atoms with Gasteiger partial charge in [0.1, 0.15) is 0 Å². The summed E-state index contributed by atoms with van der Waals surface area (Å²) in [7, 11) is 0. The van der Waals surface area contributed by atoms with Crippen LogP contribution >= 0.6 is 12.2 Å². The van der Waals surface area contributed by atoms with E-state index in [1.807, 2.05) is 24.3 Å². The maximum absolute atomic E-state index is 10.1. The fourth-order valence-corrected chi connectivity index (χ4v) is 6.08. The summed E-state index contributed by atoms with van der Waals surface area (Å²) in [6, 6.07) is 7.65. The molecule has 130 valence electrons. The highest BCUT2D eigenvalue weighted by atomic mass is 32.1. The largest absolute Gasteiger partial charge is 0.493 e. The molecule has 6 heteroatoms. The molecule has 0 unspecified atom stereocenters. The Balaban J connectivity index is 1.35. The van der Waals surface area contributed by atoms with Gasteiger partial charge in [-0.3, -0.25) is 0 Å². The van der Waals surface area contributed by atoms with Crippen LogP contribution in [0.1, 0.15) is 38.5 Å². The lowest BCUT2D eigenvalue weighted by molar-refractivity contribution is -0.00988. The van der Waals surface area contributed by atoms with E-state index in [-0.39, 0.29) is 11.4 Å². The number of hydrogen-bond acceptors (Lipinski definition) is 3. The van der Waals surface area contributed by atoms with Gasteiger partial charge in [0.15, 0.2) is 5.69 Å². The molecule has 25 heavy (non-hydrogen) atoms. The molecule has 0 aliphatic heterocycles. The van der Waals surface area contributed by atoms with Gasteiger partial charge in [0, 0.05) is 10.9 Å². The summed E-state index contributed by atoms with van der Waals surface area (Å²) in [5.74, 6) is 2.60. The monoisotopic (exact) mass is 354 g/mol. The van der Waals surface area contributed by atoms with Gasteiger partial charge in [-0.05, 0) is 74.6 Å². The van der Waals surface area contributed by atoms with Crippen molar-refractivity contribution < 1.29 is 5.11 Å². The van der Waals surface area contributed by atoms with E-state index in [2.05, 4.69) is 20.5 Å². The van der Waals surface area contributed by atoms with E-state index < -0.39 is 0 Å². The number of aromatic nitrogens is 1. The van der Waals surface area contributed by atoms with Crippen molar-refractivity contribution in [1.29, 1.82) is 0 Å². The summed E-state index contributed by atoms with van der Waals surface area (Å²) < 4.78 is 0. The van der Waals surface area contributed by atoms with Gasteiger partial charge in [0.25, 0.3) is 0 Å². The molecule has 4 aliphatic carbocycles. The van der Waals surface area contributed by atoms with Crippen molar-refractivity contribution in [3.63, 3.8) is 0 Å².